The Bertz CT molecular complexity index is 1290. The minimum atomic E-state index is -5.20. The van der Waals surface area contributed by atoms with Crippen LogP contribution >= 0.6 is 0 Å². The highest BCUT2D eigenvalue weighted by Crippen LogP contribution is 2.42. The SMILES string of the molecule is COC(=O)C1CC(Cc2ccccc2)C(=N)N1CC(=O)c1cc(C(C)(C)C)c(OC(=O)C(F)(F)F)c(C(C)(C)C)c1. The van der Waals surface area contributed by atoms with E-state index in [0.29, 0.717) is 12.8 Å². The molecule has 0 bridgehead atoms. The average Bonchev–Trinajstić information content (AvgIpc) is 3.16. The van der Waals surface area contributed by atoms with E-state index in [0.717, 1.165) is 5.56 Å². The molecule has 1 aliphatic rings. The standard InChI is InChI=1S/C31H37F3N2O5/c1-29(2,3)21-14-19(15-22(30(4,5)6)25(21)41-28(39)31(32,33)34)24(37)17-36-23(27(38)40-7)16-20(26(36)35)13-18-11-9-8-10-12-18/h8-12,14-15,20,23,35H,13,16-17H2,1-7H3. The van der Waals surface area contributed by atoms with Crippen LogP contribution in [0.25, 0.3) is 0 Å². The van der Waals surface area contributed by atoms with Gasteiger partial charge in [-0.15, -0.1) is 0 Å². The molecule has 1 fully saturated rings. The van der Waals surface area contributed by atoms with Gasteiger partial charge in [-0.2, -0.15) is 13.2 Å². The van der Waals surface area contributed by atoms with Gasteiger partial charge in [0.15, 0.2) is 5.78 Å². The van der Waals surface area contributed by atoms with Gasteiger partial charge in [0, 0.05) is 22.6 Å². The number of rotatable bonds is 7. The molecule has 0 aliphatic carbocycles. The molecule has 7 nitrogen and oxygen atoms in total. The molecule has 1 aliphatic heterocycles. The fourth-order valence-corrected chi connectivity index (χ4v) is 4.95. The minimum absolute atomic E-state index is 0.139. The smallest absolute Gasteiger partial charge is 0.467 e. The number of likely N-dealkylation sites (tertiary alicyclic amines) is 1. The number of benzene rings is 2. The molecular formula is C31H37F3N2O5. The molecule has 0 radical (unpaired) electrons. The van der Waals surface area contributed by atoms with Crippen molar-refractivity contribution in [2.75, 3.05) is 13.7 Å². The summed E-state index contributed by atoms with van der Waals surface area (Å²) in [7, 11) is 1.25. The molecule has 2 unspecified atom stereocenters. The van der Waals surface area contributed by atoms with Crippen LogP contribution in [0.15, 0.2) is 42.5 Å². The number of hydrogen-bond acceptors (Lipinski definition) is 6. The monoisotopic (exact) mass is 574 g/mol. The van der Waals surface area contributed by atoms with Crippen LogP contribution in [0.2, 0.25) is 0 Å². The summed E-state index contributed by atoms with van der Waals surface area (Å²) in [6.45, 7) is 10.1. The molecular weight excluding hydrogens is 537 g/mol. The molecule has 1 heterocycles. The van der Waals surface area contributed by atoms with E-state index >= 15 is 0 Å². The molecule has 222 valence electrons. The lowest BCUT2D eigenvalue weighted by atomic mass is 9.78. The Hall–Kier alpha value is -3.69. The third-order valence-corrected chi connectivity index (χ3v) is 7.15. The number of methoxy groups -OCH3 is 1. The predicted octanol–water partition coefficient (Wildman–Crippen LogP) is 6.02. The van der Waals surface area contributed by atoms with Gasteiger partial charge in [-0.05, 0) is 41.4 Å². The van der Waals surface area contributed by atoms with Crippen molar-refractivity contribution < 1.29 is 37.0 Å². The van der Waals surface area contributed by atoms with Crippen molar-refractivity contribution in [2.24, 2.45) is 5.92 Å². The first-order valence-electron chi connectivity index (χ1n) is 13.3. The zero-order valence-electron chi connectivity index (χ0n) is 24.4. The number of nitrogens with zero attached hydrogens (tertiary/aromatic N) is 1. The summed E-state index contributed by atoms with van der Waals surface area (Å²) < 4.78 is 49.4. The first-order chi connectivity index (χ1) is 18.8. The van der Waals surface area contributed by atoms with Crippen LogP contribution < -0.4 is 4.74 Å². The number of halogens is 3. The second-order valence-electron chi connectivity index (χ2n) is 12.4. The first-order valence-corrected chi connectivity index (χ1v) is 13.3. The number of hydrogen-bond donors (Lipinski definition) is 1. The summed E-state index contributed by atoms with van der Waals surface area (Å²) in [5.41, 5.74) is 0.0883. The molecule has 0 saturated carbocycles. The van der Waals surface area contributed by atoms with Gasteiger partial charge in [-0.3, -0.25) is 10.2 Å². The van der Waals surface area contributed by atoms with Crippen molar-refractivity contribution >= 4 is 23.6 Å². The Labute approximate surface area is 238 Å². The van der Waals surface area contributed by atoms with Crippen LogP contribution in [0, 0.1) is 11.3 Å². The number of alkyl halides is 3. The second-order valence-corrected chi connectivity index (χ2v) is 12.4. The fraction of sp³-hybridized carbons (Fsp3) is 0.484. The largest absolute Gasteiger partial charge is 0.491 e. The maximum Gasteiger partial charge on any atom is 0.491 e. The van der Waals surface area contributed by atoms with Gasteiger partial charge in [-0.1, -0.05) is 71.9 Å². The summed E-state index contributed by atoms with van der Waals surface area (Å²) in [4.78, 5) is 39.7. The van der Waals surface area contributed by atoms with Gasteiger partial charge < -0.3 is 14.4 Å². The molecule has 1 N–H and O–H groups in total. The molecule has 0 aromatic heterocycles. The van der Waals surface area contributed by atoms with Crippen LogP contribution in [0.3, 0.4) is 0 Å². The topological polar surface area (TPSA) is 96.8 Å². The average molecular weight is 575 g/mol. The normalized spacial score (nSPS) is 17.9. The number of Topliss-reactive ketones (excluding diaryl/α,β-unsaturated/α-hetero) is 1. The Kier molecular flexibility index (Phi) is 9.05. The summed E-state index contributed by atoms with van der Waals surface area (Å²) >= 11 is 0. The highest BCUT2D eigenvalue weighted by Gasteiger charge is 2.44. The van der Waals surface area contributed by atoms with Crippen LogP contribution in [-0.4, -0.2) is 54.3 Å². The lowest BCUT2D eigenvalue weighted by molar-refractivity contribution is -0.189. The lowest BCUT2D eigenvalue weighted by Gasteiger charge is -2.30. The van der Waals surface area contributed by atoms with Crippen molar-refractivity contribution in [3.05, 3.63) is 64.7 Å². The maximum atomic E-state index is 13.7. The van der Waals surface area contributed by atoms with Crippen molar-refractivity contribution in [1.29, 1.82) is 5.41 Å². The van der Waals surface area contributed by atoms with E-state index < -0.39 is 40.8 Å². The number of ether oxygens (including phenoxy) is 2. The third kappa shape index (κ3) is 7.34. The van der Waals surface area contributed by atoms with E-state index in [2.05, 4.69) is 0 Å². The Morgan fingerprint density at radius 1 is 0.951 bits per heavy atom. The van der Waals surface area contributed by atoms with Gasteiger partial charge in [0.05, 0.1) is 13.7 Å². The van der Waals surface area contributed by atoms with Gasteiger partial charge in [0.25, 0.3) is 0 Å². The van der Waals surface area contributed by atoms with E-state index in [4.69, 9.17) is 14.9 Å². The highest BCUT2D eigenvalue weighted by atomic mass is 19.4. The van der Waals surface area contributed by atoms with Gasteiger partial charge in [0.2, 0.25) is 0 Å². The van der Waals surface area contributed by atoms with E-state index in [1.54, 1.807) is 41.5 Å². The molecule has 0 amide bonds. The van der Waals surface area contributed by atoms with Gasteiger partial charge in [-0.25, -0.2) is 9.59 Å². The highest BCUT2D eigenvalue weighted by molar-refractivity contribution is 6.02. The Morgan fingerprint density at radius 2 is 1.49 bits per heavy atom. The molecule has 41 heavy (non-hydrogen) atoms. The zero-order valence-corrected chi connectivity index (χ0v) is 24.4. The summed E-state index contributed by atoms with van der Waals surface area (Å²) in [5.74, 6) is -3.74. The fourth-order valence-electron chi connectivity index (χ4n) is 4.95. The number of carbonyl (C=O) groups is 3. The quantitative estimate of drug-likeness (QED) is 0.247. The van der Waals surface area contributed by atoms with Gasteiger partial charge in [0.1, 0.15) is 17.6 Å². The van der Waals surface area contributed by atoms with Crippen molar-refractivity contribution in [3.63, 3.8) is 0 Å². The summed E-state index contributed by atoms with van der Waals surface area (Å²) in [6.07, 6.45) is -4.38. The number of esters is 2. The number of amidine groups is 1. The van der Waals surface area contributed by atoms with Crippen molar-refractivity contribution in [1.82, 2.24) is 4.90 Å². The minimum Gasteiger partial charge on any atom is -0.467 e. The maximum absolute atomic E-state index is 13.7. The van der Waals surface area contributed by atoms with Crippen molar-refractivity contribution in [2.45, 2.75) is 77.4 Å². The first kappa shape index (κ1) is 31.8. The molecule has 1 saturated heterocycles. The number of nitrogens with one attached hydrogen (secondary N) is 1. The Balaban J connectivity index is 2.03. The third-order valence-electron chi connectivity index (χ3n) is 7.15. The number of ketones is 1. The lowest BCUT2D eigenvalue weighted by Crippen LogP contribution is -2.42. The van der Waals surface area contributed by atoms with Crippen LogP contribution in [-0.2, 0) is 31.6 Å². The van der Waals surface area contributed by atoms with E-state index in [1.807, 2.05) is 30.3 Å². The van der Waals surface area contributed by atoms with E-state index in [-0.39, 0.29) is 40.7 Å². The second kappa shape index (κ2) is 11.7. The van der Waals surface area contributed by atoms with Crippen LogP contribution in [0.1, 0.15) is 75.0 Å². The van der Waals surface area contributed by atoms with E-state index in [1.165, 1.54) is 24.1 Å². The molecule has 0 spiro atoms. The predicted molar refractivity (Wildman–Crippen MR) is 148 cm³/mol. The zero-order chi connectivity index (χ0) is 30.9. The van der Waals surface area contributed by atoms with Crippen LogP contribution in [0.4, 0.5) is 13.2 Å². The van der Waals surface area contributed by atoms with Crippen LogP contribution in [0.5, 0.6) is 5.75 Å². The molecule has 2 aromatic carbocycles. The number of carbonyl (C=O) groups excluding carboxylic acids is 3. The summed E-state index contributed by atoms with van der Waals surface area (Å²) in [6, 6.07) is 11.6. The van der Waals surface area contributed by atoms with Crippen molar-refractivity contribution in [3.8, 4) is 5.75 Å². The Morgan fingerprint density at radius 3 is 1.95 bits per heavy atom. The molecule has 3 rings (SSSR count). The molecule has 2 aromatic rings. The van der Waals surface area contributed by atoms with Gasteiger partial charge >= 0.3 is 18.1 Å². The summed E-state index contributed by atoms with van der Waals surface area (Å²) in [5, 5.41) is 8.82. The molecule has 2 atom stereocenters. The van der Waals surface area contributed by atoms with E-state index in [9.17, 15) is 27.6 Å². The molecule has 10 heteroatoms.